The van der Waals surface area contributed by atoms with Gasteiger partial charge in [0.25, 0.3) is 0 Å². The number of allylic oxidation sites excluding steroid dienone is 1. The molecule has 22 heavy (non-hydrogen) atoms. The van der Waals surface area contributed by atoms with Crippen LogP contribution in [-0.4, -0.2) is 17.0 Å². The molecule has 6 atom stereocenters. The van der Waals surface area contributed by atoms with E-state index >= 15 is 0 Å². The first kappa shape index (κ1) is 14.9. The summed E-state index contributed by atoms with van der Waals surface area (Å²) in [5.74, 6) is 1.49. The minimum absolute atomic E-state index is 0.116. The predicted octanol–water partition coefficient (Wildman–Crippen LogP) is 4.13. The second-order valence-electron chi connectivity index (χ2n) is 9.64. The molecule has 4 fully saturated rings. The van der Waals surface area contributed by atoms with Crippen LogP contribution in [0.3, 0.4) is 0 Å². The highest BCUT2D eigenvalue weighted by Crippen LogP contribution is 2.70. The van der Waals surface area contributed by atoms with Gasteiger partial charge in [0.1, 0.15) is 0 Å². The summed E-state index contributed by atoms with van der Waals surface area (Å²) in [6.45, 7) is 11.2. The lowest BCUT2D eigenvalue weighted by Crippen LogP contribution is -2.62. The van der Waals surface area contributed by atoms with Crippen LogP contribution in [0.15, 0.2) is 12.2 Å². The molecule has 0 unspecified atom stereocenters. The number of rotatable bonds is 0. The molecule has 2 nitrogen and oxygen atoms in total. The molecule has 0 radical (unpaired) electrons. The van der Waals surface area contributed by atoms with Crippen LogP contribution in [0.1, 0.15) is 65.7 Å². The van der Waals surface area contributed by atoms with Gasteiger partial charge in [0.15, 0.2) is 5.78 Å². The maximum Gasteiger partial charge on any atom is 0.165 e. The first-order valence-electron chi connectivity index (χ1n) is 9.14. The van der Waals surface area contributed by atoms with Gasteiger partial charge in [-0.1, -0.05) is 33.8 Å². The molecule has 0 heterocycles. The zero-order valence-electron chi connectivity index (χ0n) is 14.3. The number of aliphatic hydroxyl groups excluding tert-OH is 1. The molecule has 0 aliphatic heterocycles. The Bertz CT molecular complexity index is 548. The maximum atomic E-state index is 13.1. The van der Waals surface area contributed by atoms with Gasteiger partial charge >= 0.3 is 0 Å². The first-order valence-corrected chi connectivity index (χ1v) is 9.14. The quantitative estimate of drug-likeness (QED) is 0.683. The zero-order chi connectivity index (χ0) is 15.9. The average Bonchev–Trinajstić information content (AvgIpc) is 2.58. The number of aliphatic hydroxyl groups is 1. The fraction of sp³-hybridized carbons (Fsp3) is 0.850. The molecule has 0 aromatic carbocycles. The number of fused-ring (bicyclic) bond motifs is 3. The summed E-state index contributed by atoms with van der Waals surface area (Å²) >= 11 is 0. The standard InChI is InChI=1S/C20H30O2/c1-12-13-6-7-15-19(4)9-5-8-18(2,3)16(19)14(21)11-20(15,10-13)17(12)22/h13-16,21H,1,5-11H2,2-4H3/t13-,14+,15+,16-,19+,20+/m0/s1. The molecule has 4 aliphatic carbocycles. The van der Waals surface area contributed by atoms with Crippen molar-refractivity contribution in [3.05, 3.63) is 12.2 Å². The highest BCUT2D eigenvalue weighted by molar-refractivity contribution is 6.03. The molecule has 4 rings (SSSR count). The lowest BCUT2D eigenvalue weighted by Gasteiger charge is -2.64. The van der Waals surface area contributed by atoms with Crippen LogP contribution in [0, 0.1) is 34.0 Å². The molecule has 1 spiro atoms. The van der Waals surface area contributed by atoms with Crippen LogP contribution < -0.4 is 0 Å². The molecule has 2 heteroatoms. The lowest BCUT2D eigenvalue weighted by atomic mass is 9.40. The third-order valence-corrected chi connectivity index (χ3v) is 8.16. The van der Waals surface area contributed by atoms with E-state index in [9.17, 15) is 9.90 Å². The van der Waals surface area contributed by atoms with E-state index in [4.69, 9.17) is 0 Å². The van der Waals surface area contributed by atoms with Crippen LogP contribution >= 0.6 is 0 Å². The summed E-state index contributed by atoms with van der Waals surface area (Å²) in [5, 5.41) is 11.1. The first-order chi connectivity index (χ1) is 10.2. The van der Waals surface area contributed by atoms with Gasteiger partial charge in [-0.25, -0.2) is 0 Å². The summed E-state index contributed by atoms with van der Waals surface area (Å²) in [7, 11) is 0. The largest absolute Gasteiger partial charge is 0.393 e. The van der Waals surface area contributed by atoms with Crippen molar-refractivity contribution in [1.82, 2.24) is 0 Å². The number of hydrogen-bond acceptors (Lipinski definition) is 2. The summed E-state index contributed by atoms with van der Waals surface area (Å²) in [6.07, 6.45) is 7.23. The monoisotopic (exact) mass is 302 g/mol. The Morgan fingerprint density at radius 3 is 2.59 bits per heavy atom. The minimum atomic E-state index is -0.329. The van der Waals surface area contributed by atoms with Crippen molar-refractivity contribution < 1.29 is 9.90 Å². The fourth-order valence-electron chi connectivity index (χ4n) is 7.63. The van der Waals surface area contributed by atoms with E-state index in [0.717, 1.165) is 24.8 Å². The normalized spacial score (nSPS) is 53.1. The number of carbonyl (C=O) groups is 1. The number of hydrogen-bond donors (Lipinski definition) is 1. The highest BCUT2D eigenvalue weighted by Gasteiger charge is 2.68. The van der Waals surface area contributed by atoms with E-state index in [1.54, 1.807) is 0 Å². The van der Waals surface area contributed by atoms with Crippen LogP contribution in [0.2, 0.25) is 0 Å². The van der Waals surface area contributed by atoms with Gasteiger partial charge in [-0.2, -0.15) is 0 Å². The Hall–Kier alpha value is -0.630. The van der Waals surface area contributed by atoms with Gasteiger partial charge < -0.3 is 5.11 Å². The Kier molecular flexibility index (Phi) is 2.89. The maximum absolute atomic E-state index is 13.1. The van der Waals surface area contributed by atoms with E-state index in [1.807, 2.05) is 0 Å². The SMILES string of the molecule is C=C1C(=O)[C@@]23C[C@@H]1CC[C@@H]2[C@@]1(C)CCCC(C)(C)[C@@H]1[C@H](O)C3. The Morgan fingerprint density at radius 2 is 1.86 bits per heavy atom. The van der Waals surface area contributed by atoms with E-state index < -0.39 is 0 Å². The topological polar surface area (TPSA) is 37.3 Å². The van der Waals surface area contributed by atoms with Gasteiger partial charge in [0.2, 0.25) is 0 Å². The second kappa shape index (κ2) is 4.26. The molecule has 2 bridgehead atoms. The molecule has 4 aliphatic rings. The van der Waals surface area contributed by atoms with Gasteiger partial charge in [-0.15, -0.1) is 0 Å². The highest BCUT2D eigenvalue weighted by atomic mass is 16.3. The smallest absolute Gasteiger partial charge is 0.165 e. The molecule has 0 saturated heterocycles. The number of ketones is 1. The molecular weight excluding hydrogens is 272 g/mol. The van der Waals surface area contributed by atoms with E-state index in [-0.39, 0.29) is 22.3 Å². The zero-order valence-corrected chi connectivity index (χ0v) is 14.3. The van der Waals surface area contributed by atoms with Crippen molar-refractivity contribution in [3.8, 4) is 0 Å². The van der Waals surface area contributed by atoms with Crippen molar-refractivity contribution in [3.63, 3.8) is 0 Å². The molecule has 0 aromatic heterocycles. The summed E-state index contributed by atoms with van der Waals surface area (Å²) < 4.78 is 0. The predicted molar refractivity (Wildman–Crippen MR) is 87.3 cm³/mol. The van der Waals surface area contributed by atoms with Crippen LogP contribution in [-0.2, 0) is 4.79 Å². The molecule has 0 aromatic rings. The molecular formula is C20H30O2. The van der Waals surface area contributed by atoms with E-state index in [1.165, 1.54) is 19.3 Å². The van der Waals surface area contributed by atoms with Crippen LogP contribution in [0.25, 0.3) is 0 Å². The summed E-state index contributed by atoms with van der Waals surface area (Å²) in [6, 6.07) is 0. The van der Waals surface area contributed by atoms with Crippen molar-refractivity contribution >= 4 is 5.78 Å². The van der Waals surface area contributed by atoms with Crippen molar-refractivity contribution in [2.75, 3.05) is 0 Å². The average molecular weight is 302 g/mol. The third kappa shape index (κ3) is 1.58. The molecule has 1 N–H and O–H groups in total. The van der Waals surface area contributed by atoms with Crippen molar-refractivity contribution in [2.24, 2.45) is 34.0 Å². The van der Waals surface area contributed by atoms with Gasteiger partial charge in [0.05, 0.1) is 6.10 Å². The van der Waals surface area contributed by atoms with Gasteiger partial charge in [0, 0.05) is 5.41 Å². The molecule has 4 saturated carbocycles. The van der Waals surface area contributed by atoms with Crippen LogP contribution in [0.4, 0.5) is 0 Å². The van der Waals surface area contributed by atoms with Crippen LogP contribution in [0.5, 0.6) is 0 Å². The Balaban J connectivity index is 1.84. The Morgan fingerprint density at radius 1 is 1.14 bits per heavy atom. The summed E-state index contributed by atoms with van der Waals surface area (Å²) in [4.78, 5) is 13.1. The van der Waals surface area contributed by atoms with Crippen molar-refractivity contribution in [2.45, 2.75) is 71.8 Å². The van der Waals surface area contributed by atoms with E-state index in [2.05, 4.69) is 27.4 Å². The third-order valence-electron chi connectivity index (χ3n) is 8.16. The second-order valence-corrected chi connectivity index (χ2v) is 9.64. The minimum Gasteiger partial charge on any atom is -0.393 e. The Labute approximate surface area is 134 Å². The number of Topliss-reactive ketones (excluding diaryl/α,β-unsaturated/α-hetero) is 1. The summed E-state index contributed by atoms with van der Waals surface area (Å²) in [5.41, 5.74) is 0.888. The molecule has 0 amide bonds. The van der Waals surface area contributed by atoms with Gasteiger partial charge in [-0.3, -0.25) is 4.79 Å². The fourth-order valence-corrected chi connectivity index (χ4v) is 7.63. The molecule has 122 valence electrons. The lowest BCUT2D eigenvalue weighted by molar-refractivity contribution is -0.198. The van der Waals surface area contributed by atoms with E-state index in [0.29, 0.717) is 30.0 Å². The number of carbonyl (C=O) groups excluding carboxylic acids is 1. The van der Waals surface area contributed by atoms with Crippen molar-refractivity contribution in [1.29, 1.82) is 0 Å². The van der Waals surface area contributed by atoms with Gasteiger partial charge in [-0.05, 0) is 72.7 Å².